The number of halogens is 3. The number of carbonyl (C=O) groups excluding carboxylic acids is 2. The Morgan fingerprint density at radius 1 is 1.24 bits per heavy atom. The van der Waals surface area contributed by atoms with Crippen LogP contribution in [-0.4, -0.2) is 22.2 Å². The standard InChI is InChI=1S/C20H17F3N2O3S/c1-19(2,3)28-18(27)17-16(24-11-26)14-8-13(20(21,22)23)4-5-15(14)25(17)9-12-6-7-29-10-12/h4-8,10H,9H2,1-3H3. The van der Waals surface area contributed by atoms with Gasteiger partial charge in [-0.1, -0.05) is 0 Å². The summed E-state index contributed by atoms with van der Waals surface area (Å²) in [5.41, 5.74) is -0.859. The van der Waals surface area contributed by atoms with Crippen molar-refractivity contribution in [3.8, 4) is 0 Å². The van der Waals surface area contributed by atoms with E-state index in [1.54, 1.807) is 20.8 Å². The van der Waals surface area contributed by atoms with E-state index < -0.39 is 23.3 Å². The van der Waals surface area contributed by atoms with E-state index in [4.69, 9.17) is 4.74 Å². The first-order valence-electron chi connectivity index (χ1n) is 8.57. The Bertz CT molecular complexity index is 1100. The van der Waals surface area contributed by atoms with Crippen LogP contribution in [0.1, 0.15) is 42.4 Å². The number of hydrogen-bond acceptors (Lipinski definition) is 5. The fourth-order valence-corrected chi connectivity index (χ4v) is 3.59. The number of carbonyl (C=O) groups is 1. The molecule has 2 aromatic heterocycles. The zero-order valence-electron chi connectivity index (χ0n) is 15.8. The van der Waals surface area contributed by atoms with Gasteiger partial charge in [0.05, 0.1) is 11.1 Å². The molecule has 3 rings (SSSR count). The van der Waals surface area contributed by atoms with Crippen molar-refractivity contribution in [1.29, 1.82) is 0 Å². The molecule has 5 nitrogen and oxygen atoms in total. The second-order valence-electron chi connectivity index (χ2n) is 7.35. The Morgan fingerprint density at radius 2 is 1.97 bits per heavy atom. The predicted octanol–water partition coefficient (Wildman–Crippen LogP) is 5.69. The molecule has 0 saturated heterocycles. The highest BCUT2D eigenvalue weighted by molar-refractivity contribution is 7.07. The van der Waals surface area contributed by atoms with Crippen LogP contribution in [0.4, 0.5) is 18.9 Å². The van der Waals surface area contributed by atoms with E-state index in [1.165, 1.54) is 28.1 Å². The number of nitrogens with zero attached hydrogens (tertiary/aromatic N) is 2. The van der Waals surface area contributed by atoms with E-state index >= 15 is 0 Å². The normalized spacial score (nSPS) is 12.1. The predicted molar refractivity (Wildman–Crippen MR) is 103 cm³/mol. The van der Waals surface area contributed by atoms with Gasteiger partial charge < -0.3 is 9.30 Å². The van der Waals surface area contributed by atoms with Gasteiger partial charge in [-0.3, -0.25) is 0 Å². The number of isocyanates is 1. The van der Waals surface area contributed by atoms with Crippen LogP contribution >= 0.6 is 11.3 Å². The van der Waals surface area contributed by atoms with Crippen molar-refractivity contribution in [1.82, 2.24) is 4.57 Å². The van der Waals surface area contributed by atoms with E-state index in [9.17, 15) is 22.8 Å². The summed E-state index contributed by atoms with van der Waals surface area (Å²) in [7, 11) is 0. The van der Waals surface area contributed by atoms with Gasteiger partial charge in [0.25, 0.3) is 0 Å². The number of hydrogen-bond donors (Lipinski definition) is 0. The molecule has 152 valence electrons. The molecule has 29 heavy (non-hydrogen) atoms. The first kappa shape index (κ1) is 20.8. The van der Waals surface area contributed by atoms with Crippen LogP contribution in [-0.2, 0) is 22.3 Å². The summed E-state index contributed by atoms with van der Waals surface area (Å²) in [4.78, 5) is 27.5. The van der Waals surface area contributed by atoms with E-state index in [2.05, 4.69) is 4.99 Å². The second kappa shape index (κ2) is 7.50. The topological polar surface area (TPSA) is 60.7 Å². The zero-order valence-corrected chi connectivity index (χ0v) is 16.6. The van der Waals surface area contributed by atoms with Gasteiger partial charge in [-0.15, -0.1) is 0 Å². The number of thiophene rings is 1. The molecule has 0 aliphatic heterocycles. The SMILES string of the molecule is CC(C)(C)OC(=O)c1c(N=C=O)c2cc(C(F)(F)F)ccc2n1Cc1ccsc1. The van der Waals surface area contributed by atoms with Crippen molar-refractivity contribution < 1.29 is 27.5 Å². The summed E-state index contributed by atoms with van der Waals surface area (Å²) in [6.45, 7) is 5.21. The lowest BCUT2D eigenvalue weighted by atomic mass is 10.1. The summed E-state index contributed by atoms with van der Waals surface area (Å²) in [6, 6.07) is 4.91. The van der Waals surface area contributed by atoms with Crippen LogP contribution in [0.25, 0.3) is 10.9 Å². The van der Waals surface area contributed by atoms with E-state index in [-0.39, 0.29) is 23.3 Å². The van der Waals surface area contributed by atoms with Crippen molar-refractivity contribution >= 4 is 40.0 Å². The van der Waals surface area contributed by atoms with E-state index in [1.807, 2.05) is 16.8 Å². The number of aliphatic imine (C=N–C) groups is 1. The molecule has 1 aromatic carbocycles. The van der Waals surface area contributed by atoms with E-state index in [0.717, 1.165) is 17.7 Å². The average molecular weight is 422 g/mol. The van der Waals surface area contributed by atoms with Gasteiger partial charge >= 0.3 is 12.1 Å². The molecule has 0 N–H and O–H groups in total. The van der Waals surface area contributed by atoms with Crippen LogP contribution in [0, 0.1) is 0 Å². The minimum atomic E-state index is -4.59. The molecule has 0 aliphatic rings. The number of ether oxygens (including phenoxy) is 1. The maximum absolute atomic E-state index is 13.2. The molecule has 3 aromatic rings. The van der Waals surface area contributed by atoms with Crippen LogP contribution in [0.2, 0.25) is 0 Å². The highest BCUT2D eigenvalue weighted by atomic mass is 32.1. The minimum absolute atomic E-state index is 0.0271. The lowest BCUT2D eigenvalue weighted by Gasteiger charge is -2.20. The molecule has 0 unspecified atom stereocenters. The van der Waals surface area contributed by atoms with Crippen molar-refractivity contribution in [3.05, 3.63) is 51.8 Å². The average Bonchev–Trinajstić information content (AvgIpc) is 3.20. The van der Waals surface area contributed by atoms with E-state index in [0.29, 0.717) is 5.52 Å². The number of aromatic nitrogens is 1. The summed E-state index contributed by atoms with van der Waals surface area (Å²) in [5.74, 6) is -0.786. The summed E-state index contributed by atoms with van der Waals surface area (Å²) < 4.78 is 46.6. The molecule has 0 saturated carbocycles. The molecule has 0 radical (unpaired) electrons. The van der Waals surface area contributed by atoms with Crippen molar-refractivity contribution in [2.75, 3.05) is 0 Å². The monoisotopic (exact) mass is 422 g/mol. The van der Waals surface area contributed by atoms with Crippen LogP contribution in [0.5, 0.6) is 0 Å². The first-order chi connectivity index (χ1) is 13.5. The summed E-state index contributed by atoms with van der Waals surface area (Å²) in [6.07, 6.45) is -3.25. The Morgan fingerprint density at radius 3 is 2.52 bits per heavy atom. The summed E-state index contributed by atoms with van der Waals surface area (Å²) in [5, 5.41) is 3.73. The highest BCUT2D eigenvalue weighted by Gasteiger charge is 2.33. The van der Waals surface area contributed by atoms with Crippen molar-refractivity contribution in [3.63, 3.8) is 0 Å². The molecular weight excluding hydrogens is 405 g/mol. The molecule has 0 amide bonds. The quantitative estimate of drug-likeness (QED) is 0.308. The smallest absolute Gasteiger partial charge is 0.416 e. The van der Waals surface area contributed by atoms with Crippen molar-refractivity contribution in [2.45, 2.75) is 39.1 Å². The fraction of sp³-hybridized carbons (Fsp3) is 0.300. The van der Waals surface area contributed by atoms with Gasteiger partial charge in [0.15, 0.2) is 5.69 Å². The van der Waals surface area contributed by atoms with Gasteiger partial charge in [0, 0.05) is 11.9 Å². The molecular formula is C20H17F3N2O3S. The lowest BCUT2D eigenvalue weighted by molar-refractivity contribution is -0.137. The van der Waals surface area contributed by atoms with Gasteiger partial charge in [-0.25, -0.2) is 9.59 Å². The number of benzene rings is 1. The minimum Gasteiger partial charge on any atom is -0.455 e. The van der Waals surface area contributed by atoms with Gasteiger partial charge in [-0.2, -0.15) is 29.5 Å². The molecule has 0 bridgehead atoms. The molecule has 0 atom stereocenters. The third-order valence-electron chi connectivity index (χ3n) is 4.03. The molecule has 9 heteroatoms. The van der Waals surface area contributed by atoms with Crippen LogP contribution < -0.4 is 0 Å². The highest BCUT2D eigenvalue weighted by Crippen LogP contribution is 2.39. The van der Waals surface area contributed by atoms with Crippen molar-refractivity contribution in [2.24, 2.45) is 4.99 Å². The Balaban J connectivity index is 2.32. The largest absolute Gasteiger partial charge is 0.455 e. The van der Waals surface area contributed by atoms with Gasteiger partial charge in [0.1, 0.15) is 11.3 Å². The summed E-state index contributed by atoms with van der Waals surface area (Å²) >= 11 is 1.45. The Kier molecular flexibility index (Phi) is 5.38. The molecule has 0 spiro atoms. The molecule has 0 fully saturated rings. The number of fused-ring (bicyclic) bond motifs is 1. The second-order valence-corrected chi connectivity index (χ2v) is 8.13. The van der Waals surface area contributed by atoms with Crippen LogP contribution in [0.3, 0.4) is 0 Å². The Hall–Kier alpha value is -2.90. The molecule has 2 heterocycles. The maximum Gasteiger partial charge on any atom is 0.416 e. The zero-order chi connectivity index (χ0) is 21.4. The lowest BCUT2D eigenvalue weighted by Crippen LogP contribution is -2.25. The number of alkyl halides is 3. The maximum atomic E-state index is 13.2. The first-order valence-corrected chi connectivity index (χ1v) is 9.51. The van der Waals surface area contributed by atoms with Gasteiger partial charge in [0.2, 0.25) is 6.08 Å². The molecule has 0 aliphatic carbocycles. The Labute approximate surface area is 168 Å². The number of esters is 1. The fourth-order valence-electron chi connectivity index (χ4n) is 2.93. The third-order valence-corrected chi connectivity index (χ3v) is 4.77. The number of rotatable bonds is 4. The van der Waals surface area contributed by atoms with Crippen LogP contribution in [0.15, 0.2) is 40.0 Å². The third kappa shape index (κ3) is 4.41. The van der Waals surface area contributed by atoms with Gasteiger partial charge in [-0.05, 0) is 61.4 Å².